The molecule has 4 atom stereocenters. The van der Waals surface area contributed by atoms with Crippen LogP contribution in [0.1, 0.15) is 85.0 Å². The first-order chi connectivity index (χ1) is 15.5. The Balaban J connectivity index is 2.22. The van der Waals surface area contributed by atoms with Crippen LogP contribution in [0.3, 0.4) is 0 Å². The van der Waals surface area contributed by atoms with Crippen LogP contribution in [0.5, 0.6) is 0 Å². The van der Waals surface area contributed by atoms with Gasteiger partial charge in [0.25, 0.3) is 0 Å². The van der Waals surface area contributed by atoms with Gasteiger partial charge in [-0.1, -0.05) is 44.9 Å². The highest BCUT2D eigenvalue weighted by Crippen LogP contribution is 2.22. The minimum Gasteiger partial charge on any atom is -0.480 e. The van der Waals surface area contributed by atoms with Crippen molar-refractivity contribution in [3.8, 4) is 0 Å². The average molecular weight is 470 g/mol. The maximum absolute atomic E-state index is 13.4. The van der Waals surface area contributed by atoms with E-state index in [1.54, 1.807) is 20.8 Å². The van der Waals surface area contributed by atoms with E-state index >= 15 is 0 Å². The Morgan fingerprint density at radius 3 is 2.18 bits per heavy atom. The molecule has 4 N–H and O–H groups in total. The van der Waals surface area contributed by atoms with Crippen molar-refractivity contribution in [3.05, 3.63) is 0 Å². The number of fused-ring (bicyclic) bond motifs is 1. The number of alkyl carbamates (subject to hydrolysis) is 1. The van der Waals surface area contributed by atoms with Crippen molar-refractivity contribution in [2.75, 3.05) is 6.54 Å². The number of carboxylic acids is 1. The molecule has 2 rings (SSSR count). The molecular formula is C23H39N3O7. The zero-order valence-electron chi connectivity index (χ0n) is 20.0. The molecule has 2 aliphatic heterocycles. The van der Waals surface area contributed by atoms with E-state index in [-0.39, 0.29) is 13.0 Å². The average Bonchev–Trinajstić information content (AvgIpc) is 3.09. The van der Waals surface area contributed by atoms with E-state index in [1.165, 1.54) is 4.90 Å². The number of hydrogen-bond donors (Lipinski definition) is 4. The van der Waals surface area contributed by atoms with Gasteiger partial charge in [-0.25, -0.2) is 9.59 Å². The summed E-state index contributed by atoms with van der Waals surface area (Å²) < 4.78 is 5.31. The van der Waals surface area contributed by atoms with E-state index in [2.05, 4.69) is 10.6 Å². The molecule has 2 fully saturated rings. The smallest absolute Gasteiger partial charge is 0.408 e. The van der Waals surface area contributed by atoms with Crippen LogP contribution in [0, 0.1) is 0 Å². The number of aliphatic hydroxyl groups excluding tert-OH is 1. The maximum atomic E-state index is 13.4. The summed E-state index contributed by atoms with van der Waals surface area (Å²) in [5.41, 5.74) is -0.733. The number of nitrogens with one attached hydrogen (secondary N) is 2. The van der Waals surface area contributed by atoms with E-state index in [9.17, 15) is 29.4 Å². The predicted molar refractivity (Wildman–Crippen MR) is 120 cm³/mol. The third-order valence-electron chi connectivity index (χ3n) is 5.95. The molecule has 3 amide bonds. The van der Waals surface area contributed by atoms with Gasteiger partial charge in [-0.3, -0.25) is 9.59 Å². The van der Waals surface area contributed by atoms with Gasteiger partial charge in [0, 0.05) is 13.0 Å². The molecule has 0 aromatic rings. The molecule has 0 aromatic carbocycles. The lowest BCUT2D eigenvalue weighted by Crippen LogP contribution is -2.55. The predicted octanol–water partition coefficient (Wildman–Crippen LogP) is 1.94. The Hall–Kier alpha value is -2.36. The summed E-state index contributed by atoms with van der Waals surface area (Å²) in [6.07, 6.45) is 5.24. The van der Waals surface area contributed by atoms with Crippen LogP contribution in [0.25, 0.3) is 0 Å². The number of amides is 3. The minimum atomic E-state index is -1.12. The number of carboxylic acid groups (broad SMARTS) is 1. The lowest BCUT2D eigenvalue weighted by atomic mass is 10.0. The van der Waals surface area contributed by atoms with E-state index < -0.39 is 53.7 Å². The molecule has 10 heteroatoms. The summed E-state index contributed by atoms with van der Waals surface area (Å²) in [6, 6.07) is -2.94. The van der Waals surface area contributed by atoms with Gasteiger partial charge in [0.15, 0.2) is 0 Å². The molecular weight excluding hydrogens is 430 g/mol. The quantitative estimate of drug-likeness (QED) is 0.483. The molecule has 0 radical (unpaired) electrons. The van der Waals surface area contributed by atoms with Gasteiger partial charge in [0.1, 0.15) is 23.7 Å². The van der Waals surface area contributed by atoms with Crippen LogP contribution in [-0.4, -0.2) is 75.4 Å². The van der Waals surface area contributed by atoms with E-state index in [0.29, 0.717) is 19.3 Å². The van der Waals surface area contributed by atoms with E-state index in [0.717, 1.165) is 38.5 Å². The zero-order valence-corrected chi connectivity index (χ0v) is 20.0. The standard InChI is InChI=1S/C23H39N3O7/c1-23(2,3)33-22(32)25-16-11-9-7-5-4-6-8-10-12-17(21(30)31)24-19(28)18-13-15(27)14-26(18)20(16)29/h15-18,27H,4-14H2,1-3H3,(H,24,28)(H,25,32)(H,30,31)/t15-,16-,17?,18-/m0/s1. The van der Waals surface area contributed by atoms with Gasteiger partial charge in [-0.05, 0) is 33.6 Å². The van der Waals surface area contributed by atoms with Crippen molar-refractivity contribution in [2.24, 2.45) is 0 Å². The third-order valence-corrected chi connectivity index (χ3v) is 5.95. The molecule has 2 saturated heterocycles. The Labute approximate surface area is 195 Å². The van der Waals surface area contributed by atoms with Crippen molar-refractivity contribution in [2.45, 2.75) is 115 Å². The lowest BCUT2D eigenvalue weighted by Gasteiger charge is -2.30. The molecule has 0 saturated carbocycles. The Kier molecular flexibility index (Phi) is 9.94. The topological polar surface area (TPSA) is 145 Å². The highest BCUT2D eigenvalue weighted by molar-refractivity contribution is 5.93. The summed E-state index contributed by atoms with van der Waals surface area (Å²) in [7, 11) is 0. The largest absolute Gasteiger partial charge is 0.480 e. The molecule has 33 heavy (non-hydrogen) atoms. The summed E-state index contributed by atoms with van der Waals surface area (Å²) in [6.45, 7) is 5.12. The number of ether oxygens (including phenoxy) is 1. The molecule has 2 heterocycles. The molecule has 0 spiro atoms. The normalized spacial score (nSPS) is 28.5. The first-order valence-corrected chi connectivity index (χ1v) is 12.0. The number of nitrogens with zero attached hydrogens (tertiary/aromatic N) is 1. The van der Waals surface area contributed by atoms with E-state index in [1.807, 2.05) is 0 Å². The number of carbonyl (C=O) groups excluding carboxylic acids is 3. The minimum absolute atomic E-state index is 0.0169. The first kappa shape index (κ1) is 26.9. The summed E-state index contributed by atoms with van der Waals surface area (Å²) >= 11 is 0. The second-order valence-electron chi connectivity index (χ2n) is 10.0. The monoisotopic (exact) mass is 469 g/mol. The van der Waals surface area contributed by atoms with Crippen LogP contribution in [-0.2, 0) is 19.1 Å². The SMILES string of the molecule is CC(C)(C)OC(=O)N[C@H]1CCCCCCCCCC(C(=O)O)NC(=O)[C@@H]2C[C@H](O)CN2C1=O. The first-order valence-electron chi connectivity index (χ1n) is 12.0. The highest BCUT2D eigenvalue weighted by Gasteiger charge is 2.42. The van der Waals surface area contributed by atoms with Gasteiger partial charge in [0.2, 0.25) is 11.8 Å². The Bertz CT molecular complexity index is 707. The fourth-order valence-electron chi connectivity index (χ4n) is 4.32. The van der Waals surface area contributed by atoms with Crippen molar-refractivity contribution >= 4 is 23.9 Å². The van der Waals surface area contributed by atoms with Crippen molar-refractivity contribution in [1.82, 2.24) is 15.5 Å². The number of hydrogen-bond acceptors (Lipinski definition) is 6. The van der Waals surface area contributed by atoms with Gasteiger partial charge in [0.05, 0.1) is 6.10 Å². The zero-order chi connectivity index (χ0) is 24.6. The van der Waals surface area contributed by atoms with Gasteiger partial charge in [-0.15, -0.1) is 0 Å². The molecule has 1 unspecified atom stereocenters. The molecule has 0 bridgehead atoms. The molecule has 188 valence electrons. The summed E-state index contributed by atoms with van der Waals surface area (Å²) in [5.74, 6) is -2.20. The van der Waals surface area contributed by atoms with E-state index in [4.69, 9.17) is 4.74 Å². The lowest BCUT2D eigenvalue weighted by molar-refractivity contribution is -0.144. The van der Waals surface area contributed by atoms with Crippen LogP contribution in [0.2, 0.25) is 0 Å². The van der Waals surface area contributed by atoms with Gasteiger partial charge < -0.3 is 30.5 Å². The fourth-order valence-corrected chi connectivity index (χ4v) is 4.32. The second-order valence-corrected chi connectivity index (χ2v) is 10.0. The molecule has 2 aliphatic rings. The molecule has 0 aromatic heterocycles. The van der Waals surface area contributed by atoms with Crippen LogP contribution in [0.4, 0.5) is 4.79 Å². The van der Waals surface area contributed by atoms with Crippen LogP contribution < -0.4 is 10.6 Å². The highest BCUT2D eigenvalue weighted by atomic mass is 16.6. The van der Waals surface area contributed by atoms with Crippen LogP contribution in [0.15, 0.2) is 0 Å². The van der Waals surface area contributed by atoms with Crippen molar-refractivity contribution in [3.63, 3.8) is 0 Å². The molecule has 10 nitrogen and oxygen atoms in total. The molecule has 0 aliphatic carbocycles. The third kappa shape index (κ3) is 8.83. The van der Waals surface area contributed by atoms with Crippen molar-refractivity contribution in [1.29, 1.82) is 0 Å². The van der Waals surface area contributed by atoms with Gasteiger partial charge in [-0.2, -0.15) is 0 Å². The number of carbonyl (C=O) groups is 4. The van der Waals surface area contributed by atoms with Crippen LogP contribution >= 0.6 is 0 Å². The summed E-state index contributed by atoms with van der Waals surface area (Å²) in [5, 5.41) is 24.9. The maximum Gasteiger partial charge on any atom is 0.408 e. The number of aliphatic hydroxyl groups is 1. The number of aliphatic carboxylic acids is 1. The Morgan fingerprint density at radius 1 is 1.03 bits per heavy atom. The number of rotatable bonds is 2. The Morgan fingerprint density at radius 2 is 1.61 bits per heavy atom. The van der Waals surface area contributed by atoms with Crippen molar-refractivity contribution < 1.29 is 34.1 Å². The second kappa shape index (κ2) is 12.2. The van der Waals surface area contributed by atoms with Gasteiger partial charge >= 0.3 is 12.1 Å². The summed E-state index contributed by atoms with van der Waals surface area (Å²) in [4.78, 5) is 51.6. The fraction of sp³-hybridized carbons (Fsp3) is 0.826.